The van der Waals surface area contributed by atoms with Crippen molar-refractivity contribution in [3.63, 3.8) is 0 Å². The second kappa shape index (κ2) is 6.33. The van der Waals surface area contributed by atoms with Gasteiger partial charge in [-0.1, -0.05) is 35.9 Å². The van der Waals surface area contributed by atoms with Crippen molar-refractivity contribution in [1.82, 2.24) is 5.32 Å². The number of rotatable bonds is 4. The van der Waals surface area contributed by atoms with Crippen molar-refractivity contribution in [2.24, 2.45) is 0 Å². The van der Waals surface area contributed by atoms with Crippen LogP contribution in [0, 0.1) is 18.6 Å². The first-order valence-corrected chi connectivity index (χ1v) is 6.77. The van der Waals surface area contributed by atoms with Gasteiger partial charge in [-0.2, -0.15) is 0 Å². The lowest BCUT2D eigenvalue weighted by Gasteiger charge is -2.19. The van der Waals surface area contributed by atoms with E-state index in [1.165, 1.54) is 18.2 Å². The van der Waals surface area contributed by atoms with E-state index >= 15 is 0 Å². The molecular weight excluding hydrogens is 280 g/mol. The Hall–Kier alpha value is -1.45. The van der Waals surface area contributed by atoms with E-state index in [1.807, 2.05) is 25.1 Å². The van der Waals surface area contributed by atoms with E-state index in [2.05, 4.69) is 5.32 Å². The molecule has 0 aliphatic carbocycles. The Labute approximate surface area is 122 Å². The van der Waals surface area contributed by atoms with Crippen molar-refractivity contribution < 1.29 is 8.78 Å². The molecule has 0 heterocycles. The fourth-order valence-corrected chi connectivity index (χ4v) is 2.50. The third-order valence-electron chi connectivity index (χ3n) is 3.42. The number of halogens is 3. The molecular formula is C16H16ClF2N. The minimum absolute atomic E-state index is 0.0735. The van der Waals surface area contributed by atoms with Crippen molar-refractivity contribution in [2.45, 2.75) is 19.4 Å². The molecule has 2 aromatic rings. The number of hydrogen-bond donors (Lipinski definition) is 1. The van der Waals surface area contributed by atoms with Crippen molar-refractivity contribution in [3.05, 3.63) is 69.7 Å². The molecule has 2 rings (SSSR count). The summed E-state index contributed by atoms with van der Waals surface area (Å²) in [5.41, 5.74) is 1.86. The van der Waals surface area contributed by atoms with Crippen molar-refractivity contribution >= 4 is 11.6 Å². The first kappa shape index (κ1) is 14.9. The molecule has 0 bridgehead atoms. The zero-order valence-corrected chi connectivity index (χ0v) is 12.1. The lowest BCUT2D eigenvalue weighted by molar-refractivity contribution is 0.515. The standard InChI is InChI=1S/C16H16ClF2N/c1-10-5-3-6-11(16(10)17)15(20-2)9-12-13(18)7-4-8-14(12)19/h3-8,15,20H,9H2,1-2H3. The van der Waals surface area contributed by atoms with Crippen molar-refractivity contribution in [1.29, 1.82) is 0 Å². The van der Waals surface area contributed by atoms with E-state index in [0.717, 1.165) is 11.1 Å². The topological polar surface area (TPSA) is 12.0 Å². The van der Waals surface area contributed by atoms with Gasteiger partial charge in [0.15, 0.2) is 0 Å². The minimum atomic E-state index is -0.533. The van der Waals surface area contributed by atoms with E-state index < -0.39 is 11.6 Å². The molecule has 0 aromatic heterocycles. The van der Waals surface area contributed by atoms with Crippen LogP contribution in [0.15, 0.2) is 36.4 Å². The molecule has 1 N–H and O–H groups in total. The number of hydrogen-bond acceptors (Lipinski definition) is 1. The molecule has 0 radical (unpaired) electrons. The Morgan fingerprint density at radius 3 is 2.30 bits per heavy atom. The van der Waals surface area contributed by atoms with Gasteiger partial charge in [0.1, 0.15) is 11.6 Å². The Morgan fingerprint density at radius 2 is 1.70 bits per heavy atom. The fourth-order valence-electron chi connectivity index (χ4n) is 2.24. The van der Waals surface area contributed by atoms with Crippen LogP contribution in [0.2, 0.25) is 5.02 Å². The summed E-state index contributed by atoms with van der Waals surface area (Å²) in [5.74, 6) is -1.07. The first-order valence-electron chi connectivity index (χ1n) is 6.39. The average Bonchev–Trinajstić information content (AvgIpc) is 2.42. The maximum Gasteiger partial charge on any atom is 0.129 e. The minimum Gasteiger partial charge on any atom is -0.313 e. The highest BCUT2D eigenvalue weighted by Crippen LogP contribution is 2.29. The van der Waals surface area contributed by atoms with Gasteiger partial charge in [0.25, 0.3) is 0 Å². The summed E-state index contributed by atoms with van der Waals surface area (Å²) in [5, 5.41) is 3.70. The van der Waals surface area contributed by atoms with Crippen molar-refractivity contribution in [3.8, 4) is 0 Å². The molecule has 0 spiro atoms. The SMILES string of the molecule is CNC(Cc1c(F)cccc1F)c1cccc(C)c1Cl. The van der Waals surface area contributed by atoms with Crippen LogP contribution in [0.4, 0.5) is 8.78 Å². The summed E-state index contributed by atoms with van der Waals surface area (Å²) in [6.45, 7) is 1.90. The third-order valence-corrected chi connectivity index (χ3v) is 3.93. The summed E-state index contributed by atoms with van der Waals surface area (Å²) in [6.07, 6.45) is 0.207. The summed E-state index contributed by atoms with van der Waals surface area (Å²) >= 11 is 6.29. The Morgan fingerprint density at radius 1 is 1.10 bits per heavy atom. The normalized spacial score (nSPS) is 12.4. The highest BCUT2D eigenvalue weighted by atomic mass is 35.5. The molecule has 20 heavy (non-hydrogen) atoms. The van der Waals surface area contributed by atoms with Gasteiger partial charge in [-0.15, -0.1) is 0 Å². The lowest BCUT2D eigenvalue weighted by Crippen LogP contribution is -2.20. The van der Waals surface area contributed by atoms with Crippen LogP contribution < -0.4 is 5.32 Å². The summed E-state index contributed by atoms with van der Waals surface area (Å²) in [6, 6.07) is 9.32. The van der Waals surface area contributed by atoms with E-state index in [0.29, 0.717) is 5.02 Å². The van der Waals surface area contributed by atoms with Crippen LogP contribution in [-0.4, -0.2) is 7.05 Å². The number of aryl methyl sites for hydroxylation is 1. The van der Waals surface area contributed by atoms with E-state index in [-0.39, 0.29) is 18.0 Å². The molecule has 4 heteroatoms. The van der Waals surface area contributed by atoms with Crippen LogP contribution in [-0.2, 0) is 6.42 Å². The average molecular weight is 296 g/mol. The van der Waals surface area contributed by atoms with Crippen LogP contribution >= 0.6 is 11.6 Å². The third kappa shape index (κ3) is 3.00. The van der Waals surface area contributed by atoms with Gasteiger partial charge in [-0.3, -0.25) is 0 Å². The quantitative estimate of drug-likeness (QED) is 0.880. The zero-order chi connectivity index (χ0) is 14.7. The van der Waals surface area contributed by atoms with Gasteiger partial charge < -0.3 is 5.32 Å². The Bertz CT molecular complexity index is 593. The molecule has 0 saturated carbocycles. The molecule has 0 fully saturated rings. The molecule has 0 aliphatic rings. The Kier molecular flexibility index (Phi) is 4.73. The molecule has 1 atom stereocenters. The fraction of sp³-hybridized carbons (Fsp3) is 0.250. The molecule has 0 amide bonds. The second-order valence-electron chi connectivity index (χ2n) is 4.72. The predicted octanol–water partition coefficient (Wildman–Crippen LogP) is 4.43. The highest BCUT2D eigenvalue weighted by Gasteiger charge is 2.18. The summed E-state index contributed by atoms with van der Waals surface area (Å²) in [7, 11) is 1.75. The van der Waals surface area contributed by atoms with E-state index in [4.69, 9.17) is 11.6 Å². The smallest absolute Gasteiger partial charge is 0.129 e. The van der Waals surface area contributed by atoms with E-state index in [9.17, 15) is 8.78 Å². The second-order valence-corrected chi connectivity index (χ2v) is 5.10. The van der Waals surface area contributed by atoms with Crippen LogP contribution in [0.3, 0.4) is 0 Å². The predicted molar refractivity (Wildman–Crippen MR) is 78.1 cm³/mol. The maximum atomic E-state index is 13.7. The van der Waals surface area contributed by atoms with Crippen LogP contribution in [0.1, 0.15) is 22.7 Å². The molecule has 0 aliphatic heterocycles. The number of benzene rings is 2. The zero-order valence-electron chi connectivity index (χ0n) is 11.4. The molecule has 0 saturated heterocycles. The van der Waals surface area contributed by atoms with Gasteiger partial charge in [0, 0.05) is 16.6 Å². The summed E-state index contributed by atoms with van der Waals surface area (Å²) in [4.78, 5) is 0. The highest BCUT2D eigenvalue weighted by molar-refractivity contribution is 6.32. The van der Waals surface area contributed by atoms with Gasteiger partial charge in [-0.25, -0.2) is 8.78 Å². The van der Waals surface area contributed by atoms with Crippen LogP contribution in [0.25, 0.3) is 0 Å². The molecule has 1 unspecified atom stereocenters. The molecule has 106 valence electrons. The van der Waals surface area contributed by atoms with Gasteiger partial charge in [0.05, 0.1) is 0 Å². The number of nitrogens with one attached hydrogen (secondary N) is 1. The summed E-state index contributed by atoms with van der Waals surface area (Å²) < 4.78 is 27.5. The molecule has 1 nitrogen and oxygen atoms in total. The lowest BCUT2D eigenvalue weighted by atomic mass is 9.97. The first-order chi connectivity index (χ1) is 9.54. The van der Waals surface area contributed by atoms with E-state index in [1.54, 1.807) is 7.05 Å². The monoisotopic (exact) mass is 295 g/mol. The molecule has 2 aromatic carbocycles. The van der Waals surface area contributed by atoms with Gasteiger partial charge >= 0.3 is 0 Å². The van der Waals surface area contributed by atoms with Crippen molar-refractivity contribution in [2.75, 3.05) is 7.05 Å². The van der Waals surface area contributed by atoms with Crippen LogP contribution in [0.5, 0.6) is 0 Å². The largest absolute Gasteiger partial charge is 0.313 e. The van der Waals surface area contributed by atoms with Gasteiger partial charge in [0.2, 0.25) is 0 Å². The maximum absolute atomic E-state index is 13.7. The van der Waals surface area contributed by atoms with Gasteiger partial charge in [-0.05, 0) is 43.7 Å². The number of likely N-dealkylation sites (N-methyl/N-ethyl adjacent to an activating group) is 1. The Balaban J connectivity index is 2.37.